The number of hydrogen-bond donors (Lipinski definition) is 1. The quantitative estimate of drug-likeness (QED) is 0.779. The highest BCUT2D eigenvalue weighted by molar-refractivity contribution is 6.30. The molecule has 0 spiro atoms. The van der Waals surface area contributed by atoms with Gasteiger partial charge in [-0.1, -0.05) is 36.7 Å². The molecule has 23 heavy (non-hydrogen) atoms. The number of aromatic nitrogens is 2. The number of halogens is 1. The molecule has 0 unspecified atom stereocenters. The average molecular weight is 328 g/mol. The molecule has 116 valence electrons. The van der Waals surface area contributed by atoms with Gasteiger partial charge in [0.15, 0.2) is 0 Å². The van der Waals surface area contributed by atoms with Crippen LogP contribution in [0.3, 0.4) is 0 Å². The molecule has 1 N–H and O–H groups in total. The van der Waals surface area contributed by atoms with Crippen LogP contribution in [0.4, 0.5) is 5.69 Å². The first-order valence-electron chi connectivity index (χ1n) is 7.15. The summed E-state index contributed by atoms with van der Waals surface area (Å²) in [4.78, 5) is 12.1. The summed E-state index contributed by atoms with van der Waals surface area (Å²) >= 11 is 5.93. The van der Waals surface area contributed by atoms with Gasteiger partial charge in [-0.3, -0.25) is 4.79 Å². The molecule has 3 rings (SSSR count). The first kappa shape index (κ1) is 15.2. The van der Waals surface area contributed by atoms with Gasteiger partial charge in [-0.15, -0.1) is 10.2 Å². The molecular weight excluding hydrogens is 314 g/mol. The molecule has 5 nitrogen and oxygen atoms in total. The summed E-state index contributed by atoms with van der Waals surface area (Å²) in [5.41, 5.74) is 2.54. The predicted molar refractivity (Wildman–Crippen MR) is 88.5 cm³/mol. The molecule has 0 saturated heterocycles. The minimum Gasteiger partial charge on any atom is -0.412 e. The van der Waals surface area contributed by atoms with E-state index in [0.29, 0.717) is 16.3 Å². The molecule has 1 amide bonds. The number of carbonyl (C=O) groups is 1. The van der Waals surface area contributed by atoms with E-state index in [1.807, 2.05) is 24.3 Å². The lowest BCUT2D eigenvalue weighted by Crippen LogP contribution is -2.12. The van der Waals surface area contributed by atoms with Crippen molar-refractivity contribution in [2.24, 2.45) is 0 Å². The van der Waals surface area contributed by atoms with E-state index in [0.717, 1.165) is 6.42 Å². The van der Waals surface area contributed by atoms with E-state index >= 15 is 0 Å². The average Bonchev–Trinajstić information content (AvgIpc) is 3.06. The highest BCUT2D eigenvalue weighted by atomic mass is 35.5. The number of benzene rings is 2. The van der Waals surface area contributed by atoms with Gasteiger partial charge in [0.2, 0.25) is 5.89 Å². The van der Waals surface area contributed by atoms with E-state index in [1.54, 1.807) is 24.3 Å². The van der Waals surface area contributed by atoms with Crippen molar-refractivity contribution in [2.45, 2.75) is 13.3 Å². The first-order valence-corrected chi connectivity index (χ1v) is 7.53. The van der Waals surface area contributed by atoms with Gasteiger partial charge in [-0.25, -0.2) is 0 Å². The maximum Gasteiger partial charge on any atom is 0.313 e. The van der Waals surface area contributed by atoms with Gasteiger partial charge in [0, 0.05) is 16.3 Å². The molecule has 2 aromatic carbocycles. The number of carbonyl (C=O) groups excluding carboxylic acids is 1. The monoisotopic (exact) mass is 327 g/mol. The van der Waals surface area contributed by atoms with Crippen molar-refractivity contribution in [1.82, 2.24) is 10.2 Å². The van der Waals surface area contributed by atoms with Gasteiger partial charge in [-0.2, -0.15) is 0 Å². The summed E-state index contributed by atoms with van der Waals surface area (Å²) in [6, 6.07) is 14.6. The summed E-state index contributed by atoms with van der Waals surface area (Å²) in [6.07, 6.45) is 0.945. The molecule has 0 bridgehead atoms. The molecule has 0 radical (unpaired) electrons. The fourth-order valence-corrected chi connectivity index (χ4v) is 2.25. The van der Waals surface area contributed by atoms with Crippen molar-refractivity contribution >= 4 is 23.2 Å². The van der Waals surface area contributed by atoms with E-state index in [4.69, 9.17) is 16.0 Å². The van der Waals surface area contributed by atoms with Crippen molar-refractivity contribution in [2.75, 3.05) is 5.32 Å². The standard InChI is InChI=1S/C17H14ClN3O2/c1-2-11-6-8-14(9-7-11)19-15(22)17-21-20-16(23-17)12-4-3-5-13(18)10-12/h3-10H,2H2,1H3,(H,19,22). The largest absolute Gasteiger partial charge is 0.412 e. The number of hydrogen-bond acceptors (Lipinski definition) is 4. The third-order valence-electron chi connectivity index (χ3n) is 3.31. The predicted octanol–water partition coefficient (Wildman–Crippen LogP) is 4.20. The van der Waals surface area contributed by atoms with Gasteiger partial charge in [0.1, 0.15) is 0 Å². The minimum absolute atomic E-state index is 0.0976. The van der Waals surface area contributed by atoms with E-state index in [2.05, 4.69) is 22.4 Å². The van der Waals surface area contributed by atoms with Gasteiger partial charge in [0.05, 0.1) is 0 Å². The Hall–Kier alpha value is -2.66. The molecule has 1 heterocycles. The Morgan fingerprint density at radius 2 is 1.96 bits per heavy atom. The zero-order valence-electron chi connectivity index (χ0n) is 12.4. The summed E-state index contributed by atoms with van der Waals surface area (Å²) in [5, 5.41) is 10.9. The van der Waals surface area contributed by atoms with Crippen LogP contribution in [0, 0.1) is 0 Å². The van der Waals surface area contributed by atoms with E-state index < -0.39 is 5.91 Å². The Labute approximate surface area is 138 Å². The summed E-state index contributed by atoms with van der Waals surface area (Å²) in [6.45, 7) is 2.07. The second-order valence-corrected chi connectivity index (χ2v) is 5.36. The smallest absolute Gasteiger partial charge is 0.313 e. The fraction of sp³-hybridized carbons (Fsp3) is 0.118. The van der Waals surface area contributed by atoms with Crippen LogP contribution >= 0.6 is 11.6 Å². The topological polar surface area (TPSA) is 68.0 Å². The normalized spacial score (nSPS) is 10.5. The van der Waals surface area contributed by atoms with Gasteiger partial charge in [0.25, 0.3) is 0 Å². The number of nitrogens with zero attached hydrogens (tertiary/aromatic N) is 2. The number of amides is 1. The third-order valence-corrected chi connectivity index (χ3v) is 3.55. The molecule has 0 aliphatic heterocycles. The van der Waals surface area contributed by atoms with Crippen LogP contribution in [-0.2, 0) is 6.42 Å². The molecule has 0 atom stereocenters. The summed E-state index contributed by atoms with van der Waals surface area (Å²) < 4.78 is 5.41. The molecule has 3 aromatic rings. The van der Waals surface area contributed by atoms with Crippen LogP contribution in [0.5, 0.6) is 0 Å². The molecule has 0 aliphatic rings. The van der Waals surface area contributed by atoms with Gasteiger partial charge < -0.3 is 9.73 Å². The lowest BCUT2D eigenvalue weighted by Gasteiger charge is -2.03. The second-order valence-electron chi connectivity index (χ2n) is 4.93. The number of aryl methyl sites for hydroxylation is 1. The van der Waals surface area contributed by atoms with Gasteiger partial charge >= 0.3 is 11.8 Å². The first-order chi connectivity index (χ1) is 11.2. The van der Waals surface area contributed by atoms with Gasteiger partial charge in [-0.05, 0) is 42.3 Å². The molecule has 6 heteroatoms. The van der Waals surface area contributed by atoms with E-state index in [9.17, 15) is 4.79 Å². The maximum absolute atomic E-state index is 12.1. The highest BCUT2D eigenvalue weighted by Gasteiger charge is 2.16. The highest BCUT2D eigenvalue weighted by Crippen LogP contribution is 2.21. The van der Waals surface area contributed by atoms with E-state index in [1.165, 1.54) is 5.56 Å². The molecular formula is C17H14ClN3O2. The van der Waals surface area contributed by atoms with Crippen molar-refractivity contribution in [3.63, 3.8) is 0 Å². The zero-order chi connectivity index (χ0) is 16.2. The van der Waals surface area contributed by atoms with Crippen LogP contribution in [0.2, 0.25) is 5.02 Å². The lowest BCUT2D eigenvalue weighted by atomic mass is 10.1. The van der Waals surface area contributed by atoms with Crippen molar-refractivity contribution < 1.29 is 9.21 Å². The van der Waals surface area contributed by atoms with Crippen LogP contribution in [0.1, 0.15) is 23.2 Å². The lowest BCUT2D eigenvalue weighted by molar-refractivity contribution is 0.0991. The molecule has 0 fully saturated rings. The second kappa shape index (κ2) is 6.62. The molecule has 1 aromatic heterocycles. The Bertz CT molecular complexity index is 828. The van der Waals surface area contributed by atoms with Crippen LogP contribution in [0.15, 0.2) is 52.9 Å². The Kier molecular flexibility index (Phi) is 4.39. The van der Waals surface area contributed by atoms with Crippen LogP contribution in [0.25, 0.3) is 11.5 Å². The van der Waals surface area contributed by atoms with Crippen molar-refractivity contribution in [3.8, 4) is 11.5 Å². The number of anilines is 1. The SMILES string of the molecule is CCc1ccc(NC(=O)c2nnc(-c3cccc(Cl)c3)o2)cc1. The van der Waals surface area contributed by atoms with Crippen molar-refractivity contribution in [3.05, 3.63) is 65.0 Å². The van der Waals surface area contributed by atoms with Crippen LogP contribution in [-0.4, -0.2) is 16.1 Å². The maximum atomic E-state index is 12.1. The molecule has 0 aliphatic carbocycles. The Morgan fingerprint density at radius 1 is 1.17 bits per heavy atom. The molecule has 0 saturated carbocycles. The van der Waals surface area contributed by atoms with Crippen LogP contribution < -0.4 is 5.32 Å². The van der Waals surface area contributed by atoms with Crippen molar-refractivity contribution in [1.29, 1.82) is 0 Å². The third kappa shape index (κ3) is 3.57. The minimum atomic E-state index is -0.449. The fourth-order valence-electron chi connectivity index (χ4n) is 2.06. The number of rotatable bonds is 4. The summed E-state index contributed by atoms with van der Waals surface area (Å²) in [5.74, 6) is -0.298. The Morgan fingerprint density at radius 3 is 2.65 bits per heavy atom. The number of nitrogens with one attached hydrogen (secondary N) is 1. The Balaban J connectivity index is 1.75. The summed E-state index contributed by atoms with van der Waals surface area (Å²) in [7, 11) is 0. The zero-order valence-corrected chi connectivity index (χ0v) is 13.2. The van der Waals surface area contributed by atoms with E-state index in [-0.39, 0.29) is 11.8 Å².